The molecule has 11 heavy (non-hydrogen) atoms. The molecule has 1 fully saturated rings. The molecule has 0 radical (unpaired) electrons. The predicted molar refractivity (Wildman–Crippen MR) is 46.5 cm³/mol. The summed E-state index contributed by atoms with van der Waals surface area (Å²) >= 11 is 0. The van der Waals surface area contributed by atoms with Gasteiger partial charge in [-0.15, -0.1) is 0 Å². The van der Waals surface area contributed by atoms with Gasteiger partial charge < -0.3 is 10.4 Å². The Morgan fingerprint density at radius 2 is 1.91 bits per heavy atom. The minimum absolute atomic E-state index is 0.105. The summed E-state index contributed by atoms with van der Waals surface area (Å²) in [5.74, 6) is 0. The van der Waals surface area contributed by atoms with E-state index in [9.17, 15) is 5.11 Å². The summed E-state index contributed by atoms with van der Waals surface area (Å²) in [5, 5.41) is 12.9. The average molecular weight is 157 g/mol. The smallest absolute Gasteiger partial charge is 0.0693 e. The second-order valence-electron chi connectivity index (χ2n) is 3.78. The van der Waals surface area contributed by atoms with E-state index >= 15 is 0 Å². The number of aliphatic hydroxyl groups excluding tert-OH is 1. The summed E-state index contributed by atoms with van der Waals surface area (Å²) in [4.78, 5) is 0. The molecule has 1 saturated carbocycles. The van der Waals surface area contributed by atoms with Gasteiger partial charge in [-0.25, -0.2) is 0 Å². The van der Waals surface area contributed by atoms with E-state index in [2.05, 4.69) is 19.2 Å². The quantitative estimate of drug-likeness (QED) is 0.633. The fourth-order valence-electron chi connectivity index (χ4n) is 1.73. The minimum atomic E-state index is -0.105. The van der Waals surface area contributed by atoms with Crippen LogP contribution in [0.1, 0.15) is 39.5 Å². The van der Waals surface area contributed by atoms with E-state index in [0.717, 1.165) is 12.8 Å². The molecule has 0 amide bonds. The minimum Gasteiger partial charge on any atom is -0.392 e. The van der Waals surface area contributed by atoms with Crippen LogP contribution in [0.4, 0.5) is 0 Å². The van der Waals surface area contributed by atoms with Crippen LogP contribution in [0.15, 0.2) is 0 Å². The number of nitrogens with one attached hydrogen (secondary N) is 1. The molecule has 1 aliphatic rings. The van der Waals surface area contributed by atoms with Crippen molar-refractivity contribution in [3.05, 3.63) is 0 Å². The zero-order valence-electron chi connectivity index (χ0n) is 7.51. The van der Waals surface area contributed by atoms with Crippen LogP contribution < -0.4 is 5.32 Å². The molecule has 1 rings (SSSR count). The Bertz CT molecular complexity index is 114. The summed E-state index contributed by atoms with van der Waals surface area (Å²) in [6, 6.07) is 0.844. The predicted octanol–water partition coefficient (Wildman–Crippen LogP) is 1.29. The summed E-state index contributed by atoms with van der Waals surface area (Å²) < 4.78 is 0. The number of rotatable bonds is 2. The van der Waals surface area contributed by atoms with E-state index in [1.165, 1.54) is 12.8 Å². The maximum Gasteiger partial charge on any atom is 0.0693 e. The topological polar surface area (TPSA) is 32.3 Å². The van der Waals surface area contributed by atoms with Crippen LogP contribution >= 0.6 is 0 Å². The lowest BCUT2D eigenvalue weighted by atomic mass is 9.92. The van der Waals surface area contributed by atoms with Crippen LogP contribution in [0.3, 0.4) is 0 Å². The molecule has 2 nitrogen and oxygen atoms in total. The van der Waals surface area contributed by atoms with Crippen LogP contribution in [0.2, 0.25) is 0 Å². The molecule has 66 valence electrons. The van der Waals surface area contributed by atoms with Crippen LogP contribution in [-0.2, 0) is 0 Å². The van der Waals surface area contributed by atoms with Crippen molar-refractivity contribution in [2.24, 2.45) is 0 Å². The number of aliphatic hydroxyl groups is 1. The van der Waals surface area contributed by atoms with E-state index in [-0.39, 0.29) is 6.10 Å². The highest BCUT2D eigenvalue weighted by molar-refractivity contribution is 4.81. The molecular weight excluding hydrogens is 138 g/mol. The Kier molecular flexibility index (Phi) is 3.34. The molecule has 2 heteroatoms. The molecule has 2 atom stereocenters. The van der Waals surface area contributed by atoms with Crippen LogP contribution in [0, 0.1) is 0 Å². The van der Waals surface area contributed by atoms with Crippen molar-refractivity contribution < 1.29 is 5.11 Å². The molecular formula is C9H19NO. The fraction of sp³-hybridized carbons (Fsp3) is 1.00. The Hall–Kier alpha value is -0.0800. The highest BCUT2D eigenvalue weighted by Crippen LogP contribution is 2.18. The first-order valence-electron chi connectivity index (χ1n) is 4.64. The monoisotopic (exact) mass is 157 g/mol. The number of hydrogen-bond acceptors (Lipinski definition) is 2. The van der Waals surface area contributed by atoms with Gasteiger partial charge in [0, 0.05) is 12.1 Å². The first-order valence-corrected chi connectivity index (χ1v) is 4.64. The molecule has 0 aromatic heterocycles. The van der Waals surface area contributed by atoms with Gasteiger partial charge in [0.15, 0.2) is 0 Å². The van der Waals surface area contributed by atoms with E-state index in [4.69, 9.17) is 0 Å². The average Bonchev–Trinajstić information content (AvgIpc) is 1.93. The third kappa shape index (κ3) is 2.80. The van der Waals surface area contributed by atoms with Crippen molar-refractivity contribution >= 4 is 0 Å². The van der Waals surface area contributed by atoms with E-state index in [1.807, 2.05) is 0 Å². The van der Waals surface area contributed by atoms with Gasteiger partial charge >= 0.3 is 0 Å². The van der Waals surface area contributed by atoms with Gasteiger partial charge in [-0.2, -0.15) is 0 Å². The van der Waals surface area contributed by atoms with Crippen molar-refractivity contribution in [3.8, 4) is 0 Å². The lowest BCUT2D eigenvalue weighted by molar-refractivity contribution is 0.0871. The van der Waals surface area contributed by atoms with Crippen molar-refractivity contribution in [1.29, 1.82) is 0 Å². The summed E-state index contributed by atoms with van der Waals surface area (Å²) in [6.07, 6.45) is 4.47. The first kappa shape index (κ1) is 9.01. The molecule has 0 aliphatic heterocycles. The Morgan fingerprint density at radius 3 is 2.45 bits per heavy atom. The largest absolute Gasteiger partial charge is 0.392 e. The van der Waals surface area contributed by atoms with Crippen LogP contribution in [-0.4, -0.2) is 23.3 Å². The highest BCUT2D eigenvalue weighted by Gasteiger charge is 2.22. The zero-order valence-corrected chi connectivity index (χ0v) is 7.51. The molecule has 0 spiro atoms. The van der Waals surface area contributed by atoms with E-state index in [0.29, 0.717) is 12.1 Å². The van der Waals surface area contributed by atoms with Gasteiger partial charge in [0.1, 0.15) is 0 Å². The van der Waals surface area contributed by atoms with Gasteiger partial charge in [-0.05, 0) is 12.8 Å². The maximum atomic E-state index is 9.56. The fourth-order valence-corrected chi connectivity index (χ4v) is 1.73. The summed E-state index contributed by atoms with van der Waals surface area (Å²) in [6.45, 7) is 4.25. The SMILES string of the molecule is CC(C)NC1CCCCC1O. The lowest BCUT2D eigenvalue weighted by Crippen LogP contribution is -2.45. The second-order valence-corrected chi connectivity index (χ2v) is 3.78. The third-order valence-corrected chi connectivity index (χ3v) is 2.28. The summed E-state index contributed by atoms with van der Waals surface area (Å²) in [5.41, 5.74) is 0. The Morgan fingerprint density at radius 1 is 1.27 bits per heavy atom. The molecule has 0 saturated heterocycles. The van der Waals surface area contributed by atoms with Gasteiger partial charge in [-0.3, -0.25) is 0 Å². The zero-order chi connectivity index (χ0) is 8.27. The van der Waals surface area contributed by atoms with Gasteiger partial charge in [0.25, 0.3) is 0 Å². The lowest BCUT2D eigenvalue weighted by Gasteiger charge is -2.30. The van der Waals surface area contributed by atoms with E-state index < -0.39 is 0 Å². The maximum absolute atomic E-state index is 9.56. The molecule has 0 heterocycles. The Labute approximate surface area is 69.0 Å². The van der Waals surface area contributed by atoms with Crippen molar-refractivity contribution in [3.63, 3.8) is 0 Å². The van der Waals surface area contributed by atoms with Gasteiger partial charge in [0.2, 0.25) is 0 Å². The third-order valence-electron chi connectivity index (χ3n) is 2.28. The van der Waals surface area contributed by atoms with Crippen LogP contribution in [0.5, 0.6) is 0 Å². The molecule has 2 unspecified atom stereocenters. The first-order chi connectivity index (χ1) is 5.20. The highest BCUT2D eigenvalue weighted by atomic mass is 16.3. The molecule has 0 aromatic carbocycles. The summed E-state index contributed by atoms with van der Waals surface area (Å²) in [7, 11) is 0. The van der Waals surface area contributed by atoms with Crippen molar-refractivity contribution in [2.45, 2.75) is 57.7 Å². The molecule has 0 bridgehead atoms. The van der Waals surface area contributed by atoms with Gasteiger partial charge in [-0.1, -0.05) is 26.7 Å². The molecule has 1 aliphatic carbocycles. The number of hydrogen-bond donors (Lipinski definition) is 2. The Balaban J connectivity index is 2.29. The normalized spacial score (nSPS) is 32.7. The van der Waals surface area contributed by atoms with Gasteiger partial charge in [0.05, 0.1) is 6.10 Å². The molecule has 2 N–H and O–H groups in total. The van der Waals surface area contributed by atoms with Crippen molar-refractivity contribution in [1.82, 2.24) is 5.32 Å². The van der Waals surface area contributed by atoms with E-state index in [1.54, 1.807) is 0 Å². The second kappa shape index (κ2) is 4.07. The van der Waals surface area contributed by atoms with Crippen molar-refractivity contribution in [2.75, 3.05) is 0 Å². The van der Waals surface area contributed by atoms with Crippen LogP contribution in [0.25, 0.3) is 0 Å². The standard InChI is InChI=1S/C9H19NO/c1-7(2)10-8-5-3-4-6-9(8)11/h7-11H,3-6H2,1-2H3. The molecule has 0 aromatic rings.